The van der Waals surface area contributed by atoms with Crippen molar-refractivity contribution < 1.29 is 14.3 Å². The maximum absolute atomic E-state index is 13.4. The summed E-state index contributed by atoms with van der Waals surface area (Å²) in [7, 11) is 0. The van der Waals surface area contributed by atoms with Crippen molar-refractivity contribution in [2.24, 2.45) is 11.8 Å². The normalized spacial score (nSPS) is 17.1. The van der Waals surface area contributed by atoms with E-state index in [0.29, 0.717) is 11.8 Å². The van der Waals surface area contributed by atoms with Gasteiger partial charge in [-0.15, -0.1) is 0 Å². The van der Waals surface area contributed by atoms with Crippen LogP contribution in [0.15, 0.2) is 0 Å². The summed E-state index contributed by atoms with van der Waals surface area (Å²) in [6.45, 7) is 2.25. The number of unbranched alkanes of at least 4 members (excludes halogenated alkanes) is 10. The van der Waals surface area contributed by atoms with Crippen LogP contribution >= 0.6 is 0 Å². The number of carboxylic acid groups (broad SMARTS) is 1. The van der Waals surface area contributed by atoms with E-state index in [2.05, 4.69) is 6.92 Å². The molecule has 0 aromatic rings. The Morgan fingerprint density at radius 3 is 1.87 bits per heavy atom. The van der Waals surface area contributed by atoms with Gasteiger partial charge < -0.3 is 5.11 Å². The summed E-state index contributed by atoms with van der Waals surface area (Å²) in [6.07, 6.45) is 16.5. The molecule has 0 bridgehead atoms. The van der Waals surface area contributed by atoms with Gasteiger partial charge in [-0.2, -0.15) is 0 Å². The summed E-state index contributed by atoms with van der Waals surface area (Å²) in [5.74, 6) is -0.370. The molecule has 0 radical (unpaired) electrons. The second kappa shape index (κ2) is 12.8. The molecular weight excluding hydrogens is 291 g/mol. The molecule has 1 aliphatic carbocycles. The van der Waals surface area contributed by atoms with Crippen molar-refractivity contribution in [1.82, 2.24) is 0 Å². The predicted octanol–water partition coefficient (Wildman–Crippen LogP) is 6.53. The van der Waals surface area contributed by atoms with E-state index in [4.69, 9.17) is 5.11 Å². The molecular formula is C20H37FO2. The molecule has 3 heteroatoms. The summed E-state index contributed by atoms with van der Waals surface area (Å²) in [4.78, 5) is 10.7. The number of hydrogen-bond donors (Lipinski definition) is 1. The highest BCUT2D eigenvalue weighted by molar-refractivity contribution is 5.72. The zero-order valence-electron chi connectivity index (χ0n) is 15.1. The fourth-order valence-electron chi connectivity index (χ4n) is 3.55. The van der Waals surface area contributed by atoms with Crippen LogP contribution in [0.2, 0.25) is 0 Å². The average Bonchev–Trinajstić information content (AvgIpc) is 3.36. The van der Waals surface area contributed by atoms with Crippen molar-refractivity contribution in [3.63, 3.8) is 0 Å². The van der Waals surface area contributed by atoms with Crippen molar-refractivity contribution in [2.75, 3.05) is 0 Å². The van der Waals surface area contributed by atoms with Crippen molar-refractivity contribution in [3.8, 4) is 0 Å². The smallest absolute Gasteiger partial charge is 0.338 e. The van der Waals surface area contributed by atoms with Crippen LogP contribution in [0, 0.1) is 11.8 Å². The van der Waals surface area contributed by atoms with Crippen LogP contribution in [0.5, 0.6) is 0 Å². The third kappa shape index (κ3) is 10.7. The third-order valence-electron chi connectivity index (χ3n) is 5.24. The molecule has 1 N–H and O–H groups in total. The quantitative estimate of drug-likeness (QED) is 0.327. The fraction of sp³-hybridized carbons (Fsp3) is 0.950. The van der Waals surface area contributed by atoms with Crippen LogP contribution in [0.25, 0.3) is 0 Å². The molecule has 1 fully saturated rings. The van der Waals surface area contributed by atoms with Crippen LogP contribution in [0.4, 0.5) is 4.39 Å². The number of rotatable bonds is 16. The number of carboxylic acids is 1. The van der Waals surface area contributed by atoms with E-state index < -0.39 is 12.1 Å². The Morgan fingerprint density at radius 2 is 1.43 bits per heavy atom. The second-order valence-corrected chi connectivity index (χ2v) is 7.46. The molecule has 0 aromatic carbocycles. The summed E-state index contributed by atoms with van der Waals surface area (Å²) < 4.78 is 13.4. The van der Waals surface area contributed by atoms with Gasteiger partial charge in [0.25, 0.3) is 0 Å². The van der Waals surface area contributed by atoms with Gasteiger partial charge in [-0.3, -0.25) is 0 Å². The van der Waals surface area contributed by atoms with E-state index in [9.17, 15) is 9.18 Å². The molecule has 2 nitrogen and oxygen atoms in total. The maximum Gasteiger partial charge on any atom is 0.338 e. The summed E-state index contributed by atoms with van der Waals surface area (Å²) >= 11 is 0. The van der Waals surface area contributed by atoms with Gasteiger partial charge in [0.15, 0.2) is 6.17 Å². The Hall–Kier alpha value is -0.600. The monoisotopic (exact) mass is 328 g/mol. The third-order valence-corrected chi connectivity index (χ3v) is 5.24. The first-order chi connectivity index (χ1) is 11.1. The minimum atomic E-state index is -1.66. The van der Waals surface area contributed by atoms with Crippen molar-refractivity contribution in [1.29, 1.82) is 0 Å². The minimum Gasteiger partial charge on any atom is -0.479 e. The van der Waals surface area contributed by atoms with E-state index in [0.717, 1.165) is 12.8 Å². The molecule has 23 heavy (non-hydrogen) atoms. The number of halogens is 1. The van der Waals surface area contributed by atoms with Crippen LogP contribution in [-0.2, 0) is 4.79 Å². The zero-order valence-corrected chi connectivity index (χ0v) is 15.1. The topological polar surface area (TPSA) is 37.3 Å². The second-order valence-electron chi connectivity index (χ2n) is 7.46. The lowest BCUT2D eigenvalue weighted by molar-refractivity contribution is -0.143. The van der Waals surface area contributed by atoms with Crippen LogP contribution in [0.3, 0.4) is 0 Å². The Morgan fingerprint density at radius 1 is 0.957 bits per heavy atom. The number of carbonyl (C=O) groups is 1. The highest BCUT2D eigenvalue weighted by Gasteiger charge is 2.34. The first kappa shape index (κ1) is 20.4. The Kier molecular flexibility index (Phi) is 11.4. The molecule has 2 atom stereocenters. The lowest BCUT2D eigenvalue weighted by atomic mass is 9.90. The summed E-state index contributed by atoms with van der Waals surface area (Å²) in [5, 5.41) is 8.72. The SMILES string of the molecule is CCCCCCCCCCCCCC(CC(F)C(=O)O)C1CC1. The Balaban J connectivity index is 1.93. The molecule has 2 unspecified atom stereocenters. The van der Waals surface area contributed by atoms with E-state index >= 15 is 0 Å². The largest absolute Gasteiger partial charge is 0.479 e. The molecule has 0 aromatic heterocycles. The molecule has 0 amide bonds. The van der Waals surface area contributed by atoms with Crippen molar-refractivity contribution in [3.05, 3.63) is 0 Å². The van der Waals surface area contributed by atoms with Crippen LogP contribution in [0.1, 0.15) is 103 Å². The maximum atomic E-state index is 13.4. The molecule has 0 aliphatic heterocycles. The lowest BCUT2D eigenvalue weighted by Crippen LogP contribution is -2.20. The number of alkyl halides is 1. The van der Waals surface area contributed by atoms with Gasteiger partial charge in [-0.25, -0.2) is 9.18 Å². The number of hydrogen-bond acceptors (Lipinski definition) is 1. The highest BCUT2D eigenvalue weighted by Crippen LogP contribution is 2.42. The molecule has 0 saturated heterocycles. The van der Waals surface area contributed by atoms with Gasteiger partial charge in [0.1, 0.15) is 0 Å². The molecule has 1 saturated carbocycles. The van der Waals surface area contributed by atoms with E-state index in [1.165, 1.54) is 77.0 Å². The van der Waals surface area contributed by atoms with E-state index in [1.54, 1.807) is 0 Å². The van der Waals surface area contributed by atoms with Crippen molar-refractivity contribution >= 4 is 5.97 Å². The van der Waals surface area contributed by atoms with Gasteiger partial charge in [0.2, 0.25) is 0 Å². The van der Waals surface area contributed by atoms with E-state index in [1.807, 2.05) is 0 Å². The average molecular weight is 329 g/mol. The van der Waals surface area contributed by atoms with Gasteiger partial charge in [0, 0.05) is 0 Å². The van der Waals surface area contributed by atoms with Crippen LogP contribution in [-0.4, -0.2) is 17.2 Å². The molecule has 0 heterocycles. The fourth-order valence-corrected chi connectivity index (χ4v) is 3.55. The van der Waals surface area contributed by atoms with Crippen molar-refractivity contribution in [2.45, 2.75) is 109 Å². The summed E-state index contributed by atoms with van der Waals surface area (Å²) in [5.41, 5.74) is 0. The van der Waals surface area contributed by atoms with Gasteiger partial charge in [0.05, 0.1) is 0 Å². The highest BCUT2D eigenvalue weighted by atomic mass is 19.1. The van der Waals surface area contributed by atoms with Gasteiger partial charge in [-0.1, -0.05) is 84.0 Å². The zero-order chi connectivity index (χ0) is 16.9. The van der Waals surface area contributed by atoms with Gasteiger partial charge >= 0.3 is 5.97 Å². The van der Waals surface area contributed by atoms with E-state index in [-0.39, 0.29) is 6.42 Å². The first-order valence-corrected chi connectivity index (χ1v) is 10.0. The molecule has 1 rings (SSSR count). The molecule has 0 spiro atoms. The predicted molar refractivity (Wildman–Crippen MR) is 94.4 cm³/mol. The lowest BCUT2D eigenvalue weighted by Gasteiger charge is -2.16. The van der Waals surface area contributed by atoms with Gasteiger partial charge in [-0.05, 0) is 31.1 Å². The standard InChI is InChI=1S/C20H37FO2/c1-2-3-4-5-6-7-8-9-10-11-12-13-18(17-14-15-17)16-19(21)20(22)23/h17-19H,2-16H2,1H3,(H,22,23). The Labute approximate surface area is 142 Å². The first-order valence-electron chi connectivity index (χ1n) is 10.0. The minimum absolute atomic E-state index is 0.234. The van der Waals surface area contributed by atoms with Crippen LogP contribution < -0.4 is 0 Å². The summed E-state index contributed by atoms with van der Waals surface area (Å²) in [6, 6.07) is 0. The number of aliphatic carboxylic acids is 1. The molecule has 136 valence electrons. The molecule has 1 aliphatic rings. The Bertz CT molecular complexity index is 302.